The van der Waals surface area contributed by atoms with E-state index in [9.17, 15) is 12.8 Å². The average Bonchev–Trinajstić information content (AvgIpc) is 2.31. The summed E-state index contributed by atoms with van der Waals surface area (Å²) in [6.07, 6.45) is 0. The van der Waals surface area contributed by atoms with Crippen LogP contribution in [0.2, 0.25) is 0 Å². The minimum Gasteiger partial charge on any atom is -0.399 e. The van der Waals surface area contributed by atoms with Crippen molar-refractivity contribution in [2.45, 2.75) is 17.6 Å². The minimum absolute atomic E-state index is 0.165. The van der Waals surface area contributed by atoms with Crippen LogP contribution in [-0.4, -0.2) is 8.42 Å². The fourth-order valence-corrected chi connectivity index (χ4v) is 3.54. The molecule has 3 nitrogen and oxygen atoms in total. The van der Waals surface area contributed by atoms with Gasteiger partial charge in [-0.3, -0.25) is 0 Å². The highest BCUT2D eigenvalue weighted by Gasteiger charge is 2.19. The second-order valence-electron chi connectivity index (χ2n) is 4.38. The lowest BCUT2D eigenvalue weighted by Gasteiger charge is -2.09. The van der Waals surface area contributed by atoms with Crippen LogP contribution in [0.25, 0.3) is 0 Å². The molecule has 0 aliphatic carbocycles. The van der Waals surface area contributed by atoms with Crippen molar-refractivity contribution in [1.82, 2.24) is 0 Å². The molecule has 0 unspecified atom stereocenters. The number of benzene rings is 2. The van der Waals surface area contributed by atoms with Gasteiger partial charge in [0, 0.05) is 11.3 Å². The first kappa shape index (κ1) is 13.5. The standard InChI is InChI=1S/C14H14FNO2S/c1-10-8-12(16)6-7-14(10)19(17,18)9-11-4-2-3-5-13(11)15/h2-8H,9,16H2,1H3. The SMILES string of the molecule is Cc1cc(N)ccc1S(=O)(=O)Cc1ccccc1F. The second kappa shape index (κ2) is 5.01. The number of anilines is 1. The summed E-state index contributed by atoms with van der Waals surface area (Å²) in [7, 11) is -3.58. The summed E-state index contributed by atoms with van der Waals surface area (Å²) in [5, 5.41) is 0. The number of hydrogen-bond acceptors (Lipinski definition) is 3. The molecule has 2 aromatic carbocycles. The lowest BCUT2D eigenvalue weighted by atomic mass is 10.2. The van der Waals surface area contributed by atoms with E-state index < -0.39 is 15.7 Å². The van der Waals surface area contributed by atoms with Crippen molar-refractivity contribution in [2.75, 3.05) is 5.73 Å². The Labute approximate surface area is 111 Å². The number of nitrogens with two attached hydrogens (primary N) is 1. The Kier molecular flexibility index (Phi) is 3.57. The van der Waals surface area contributed by atoms with Gasteiger partial charge >= 0.3 is 0 Å². The summed E-state index contributed by atoms with van der Waals surface area (Å²) >= 11 is 0. The average molecular weight is 279 g/mol. The molecule has 0 amide bonds. The summed E-state index contributed by atoms with van der Waals surface area (Å²) in [6, 6.07) is 10.4. The fourth-order valence-electron chi connectivity index (χ4n) is 1.92. The number of nitrogen functional groups attached to an aromatic ring is 1. The maximum Gasteiger partial charge on any atom is 0.182 e. The molecule has 0 spiro atoms. The van der Waals surface area contributed by atoms with E-state index in [0.717, 1.165) is 0 Å². The van der Waals surface area contributed by atoms with E-state index in [1.165, 1.54) is 30.3 Å². The van der Waals surface area contributed by atoms with Crippen molar-refractivity contribution in [3.05, 3.63) is 59.4 Å². The van der Waals surface area contributed by atoms with E-state index in [1.54, 1.807) is 19.1 Å². The molecule has 0 aliphatic rings. The van der Waals surface area contributed by atoms with Crippen molar-refractivity contribution in [3.8, 4) is 0 Å². The summed E-state index contributed by atoms with van der Waals surface area (Å²) < 4.78 is 38.1. The van der Waals surface area contributed by atoms with Crippen LogP contribution in [0.4, 0.5) is 10.1 Å². The van der Waals surface area contributed by atoms with Crippen LogP contribution < -0.4 is 5.73 Å². The van der Waals surface area contributed by atoms with Crippen molar-refractivity contribution in [3.63, 3.8) is 0 Å². The van der Waals surface area contributed by atoms with Gasteiger partial charge in [0.2, 0.25) is 0 Å². The smallest absolute Gasteiger partial charge is 0.182 e. The van der Waals surface area contributed by atoms with E-state index in [1.807, 2.05) is 0 Å². The molecule has 19 heavy (non-hydrogen) atoms. The zero-order valence-corrected chi connectivity index (χ0v) is 11.2. The van der Waals surface area contributed by atoms with Crippen molar-refractivity contribution in [1.29, 1.82) is 0 Å². The van der Waals surface area contributed by atoms with Crippen molar-refractivity contribution < 1.29 is 12.8 Å². The quantitative estimate of drug-likeness (QED) is 0.879. The summed E-state index contributed by atoms with van der Waals surface area (Å²) in [4.78, 5) is 0.185. The fraction of sp³-hybridized carbons (Fsp3) is 0.143. The third kappa shape index (κ3) is 2.93. The lowest BCUT2D eigenvalue weighted by molar-refractivity contribution is 0.586. The van der Waals surface area contributed by atoms with Crippen LogP contribution in [0.15, 0.2) is 47.4 Å². The molecule has 0 bridgehead atoms. The maximum atomic E-state index is 13.5. The van der Waals surface area contributed by atoms with Gasteiger partial charge in [-0.15, -0.1) is 0 Å². The summed E-state index contributed by atoms with van der Waals surface area (Å²) in [5.41, 5.74) is 6.83. The van der Waals surface area contributed by atoms with Crippen LogP contribution >= 0.6 is 0 Å². The zero-order valence-electron chi connectivity index (χ0n) is 10.4. The van der Waals surface area contributed by atoms with E-state index in [-0.39, 0.29) is 16.2 Å². The molecule has 0 fully saturated rings. The van der Waals surface area contributed by atoms with Crippen LogP contribution in [0.3, 0.4) is 0 Å². The first-order chi connectivity index (χ1) is 8.90. The predicted molar refractivity (Wildman–Crippen MR) is 72.9 cm³/mol. The van der Waals surface area contributed by atoms with E-state index in [2.05, 4.69) is 0 Å². The topological polar surface area (TPSA) is 60.2 Å². The highest BCUT2D eigenvalue weighted by Crippen LogP contribution is 2.23. The number of sulfone groups is 1. The third-order valence-electron chi connectivity index (χ3n) is 2.84. The molecule has 2 aromatic rings. The number of hydrogen-bond donors (Lipinski definition) is 1. The first-order valence-electron chi connectivity index (χ1n) is 5.72. The van der Waals surface area contributed by atoms with Gasteiger partial charge in [-0.25, -0.2) is 12.8 Å². The van der Waals surface area contributed by atoms with E-state index >= 15 is 0 Å². The molecule has 0 radical (unpaired) electrons. The summed E-state index contributed by atoms with van der Waals surface area (Å²) in [6.45, 7) is 1.67. The first-order valence-corrected chi connectivity index (χ1v) is 7.37. The molecule has 0 saturated carbocycles. The molecule has 0 aromatic heterocycles. The Morgan fingerprint density at radius 1 is 1.16 bits per heavy atom. The Morgan fingerprint density at radius 3 is 2.47 bits per heavy atom. The Bertz CT molecular complexity index is 711. The summed E-state index contributed by atoms with van der Waals surface area (Å²) in [5.74, 6) is -0.871. The normalized spacial score (nSPS) is 11.5. The Balaban J connectivity index is 2.41. The molecule has 2 rings (SSSR count). The van der Waals surface area contributed by atoms with E-state index in [0.29, 0.717) is 11.3 Å². The molecule has 0 atom stereocenters. The van der Waals surface area contributed by atoms with Crippen LogP contribution in [-0.2, 0) is 15.6 Å². The van der Waals surface area contributed by atoms with Gasteiger partial charge in [0.15, 0.2) is 9.84 Å². The van der Waals surface area contributed by atoms with Crippen molar-refractivity contribution in [2.24, 2.45) is 0 Å². The molecule has 0 heterocycles. The molecule has 0 aliphatic heterocycles. The zero-order chi connectivity index (χ0) is 14.0. The molecular weight excluding hydrogens is 265 g/mol. The Morgan fingerprint density at radius 2 is 1.84 bits per heavy atom. The van der Waals surface area contributed by atoms with Gasteiger partial charge in [0.05, 0.1) is 10.6 Å². The third-order valence-corrected chi connectivity index (χ3v) is 4.66. The molecule has 2 N–H and O–H groups in total. The minimum atomic E-state index is -3.58. The molecule has 5 heteroatoms. The van der Waals surface area contributed by atoms with Gasteiger partial charge in [0.1, 0.15) is 5.82 Å². The highest BCUT2D eigenvalue weighted by atomic mass is 32.2. The maximum absolute atomic E-state index is 13.5. The lowest BCUT2D eigenvalue weighted by Crippen LogP contribution is -2.08. The number of halogens is 1. The van der Waals surface area contributed by atoms with Gasteiger partial charge < -0.3 is 5.73 Å². The second-order valence-corrected chi connectivity index (χ2v) is 6.33. The van der Waals surface area contributed by atoms with Gasteiger partial charge in [-0.2, -0.15) is 0 Å². The Hall–Kier alpha value is -1.88. The van der Waals surface area contributed by atoms with Crippen LogP contribution in [0, 0.1) is 12.7 Å². The highest BCUT2D eigenvalue weighted by molar-refractivity contribution is 7.90. The predicted octanol–water partition coefficient (Wildman–Crippen LogP) is 2.69. The monoisotopic (exact) mass is 279 g/mol. The van der Waals surface area contributed by atoms with Gasteiger partial charge in [-0.1, -0.05) is 18.2 Å². The largest absolute Gasteiger partial charge is 0.399 e. The number of rotatable bonds is 3. The van der Waals surface area contributed by atoms with Gasteiger partial charge in [-0.05, 0) is 36.8 Å². The molecular formula is C14H14FNO2S. The van der Waals surface area contributed by atoms with Gasteiger partial charge in [0.25, 0.3) is 0 Å². The number of aryl methyl sites for hydroxylation is 1. The van der Waals surface area contributed by atoms with Crippen LogP contribution in [0.1, 0.15) is 11.1 Å². The van der Waals surface area contributed by atoms with E-state index in [4.69, 9.17) is 5.73 Å². The van der Waals surface area contributed by atoms with Crippen LogP contribution in [0.5, 0.6) is 0 Å². The van der Waals surface area contributed by atoms with Crippen molar-refractivity contribution >= 4 is 15.5 Å². The molecule has 100 valence electrons. The molecule has 0 saturated heterocycles.